The van der Waals surface area contributed by atoms with Crippen molar-refractivity contribution < 1.29 is 14.4 Å². The number of aryl methyl sites for hydroxylation is 2. The number of hydrogen-bond donors (Lipinski definition) is 1. The predicted molar refractivity (Wildman–Crippen MR) is 142 cm³/mol. The molecule has 0 spiro atoms. The van der Waals surface area contributed by atoms with Crippen molar-refractivity contribution in [1.29, 1.82) is 0 Å². The summed E-state index contributed by atoms with van der Waals surface area (Å²) in [4.78, 5) is 42.6. The van der Waals surface area contributed by atoms with Crippen LogP contribution in [0.4, 0.5) is 5.69 Å². The highest BCUT2D eigenvalue weighted by Gasteiger charge is 2.67. The van der Waals surface area contributed by atoms with Gasteiger partial charge in [-0.2, -0.15) is 0 Å². The van der Waals surface area contributed by atoms with E-state index in [0.29, 0.717) is 5.69 Å². The molecule has 1 N–H and O–H groups in total. The molecule has 0 aromatic heterocycles. The van der Waals surface area contributed by atoms with E-state index in [1.54, 1.807) is 0 Å². The van der Waals surface area contributed by atoms with Gasteiger partial charge in [0.2, 0.25) is 17.7 Å². The molecule has 7 atom stereocenters. The van der Waals surface area contributed by atoms with Gasteiger partial charge in [0.15, 0.2) is 0 Å². The van der Waals surface area contributed by atoms with E-state index >= 15 is 0 Å². The van der Waals surface area contributed by atoms with Gasteiger partial charge in [0.1, 0.15) is 6.04 Å². The maximum Gasteiger partial charge on any atom is 0.248 e. The molecule has 34 heavy (non-hydrogen) atoms. The topological polar surface area (TPSA) is 66.5 Å². The zero-order chi connectivity index (χ0) is 24.3. The molecule has 2 bridgehead atoms. The Labute approximate surface area is 224 Å². The second kappa shape index (κ2) is 9.17. The van der Waals surface area contributed by atoms with Crippen LogP contribution in [0.5, 0.6) is 0 Å². The summed E-state index contributed by atoms with van der Waals surface area (Å²) in [6.45, 7) is 3.93. The monoisotopic (exact) mass is 650 g/mol. The number of carbonyl (C=O) groups excluding carboxylic acids is 3. The zero-order valence-electron chi connectivity index (χ0n) is 18.8. The first kappa shape index (κ1) is 24.2. The Bertz CT molecular complexity index is 1120. The Morgan fingerprint density at radius 2 is 1.53 bits per heavy atom. The van der Waals surface area contributed by atoms with Crippen molar-refractivity contribution in [3.63, 3.8) is 0 Å². The van der Waals surface area contributed by atoms with Crippen molar-refractivity contribution in [3.8, 4) is 0 Å². The molecule has 0 radical (unpaired) electrons. The number of nitrogens with one attached hydrogen (secondary N) is 1. The minimum atomic E-state index is -0.904. The Hall–Kier alpha value is -1.51. The largest absolute Gasteiger partial charge is 0.324 e. The Balaban J connectivity index is 1.48. The Kier molecular flexibility index (Phi) is 6.53. The number of alkyl halides is 2. The number of likely N-dealkylation sites (tertiary alicyclic amines) is 1. The van der Waals surface area contributed by atoms with Gasteiger partial charge in [-0.15, -0.1) is 0 Å². The lowest BCUT2D eigenvalue weighted by atomic mass is 9.81. The third kappa shape index (κ3) is 3.90. The summed E-state index contributed by atoms with van der Waals surface area (Å²) in [6.07, 6.45) is 1.14. The van der Waals surface area contributed by atoms with Gasteiger partial charge in [0.05, 0.1) is 11.8 Å². The Morgan fingerprint density at radius 3 is 2.06 bits per heavy atom. The molecule has 178 valence electrons. The van der Waals surface area contributed by atoms with E-state index in [-0.39, 0.29) is 57.5 Å². The first-order valence-corrected chi connectivity index (χ1v) is 14.1. The summed E-state index contributed by atoms with van der Waals surface area (Å²) in [5.74, 6) is -1.23. The van der Waals surface area contributed by atoms with Crippen LogP contribution in [0.3, 0.4) is 0 Å². The third-order valence-corrected chi connectivity index (χ3v) is 12.1. The van der Waals surface area contributed by atoms with E-state index in [1.165, 1.54) is 4.90 Å². The first-order chi connectivity index (χ1) is 16.2. The fraction of sp³-hybridized carbons (Fsp3) is 0.423. The number of halogens is 3. The van der Waals surface area contributed by atoms with Crippen molar-refractivity contribution in [3.05, 3.63) is 63.6 Å². The summed E-state index contributed by atoms with van der Waals surface area (Å²) < 4.78 is 0.994. The van der Waals surface area contributed by atoms with Gasteiger partial charge in [-0.1, -0.05) is 78.1 Å². The van der Waals surface area contributed by atoms with Gasteiger partial charge in [-0.25, -0.2) is 0 Å². The highest BCUT2D eigenvalue weighted by atomic mass is 79.9. The third-order valence-electron chi connectivity index (χ3n) is 7.61. The minimum absolute atomic E-state index is 0.109. The van der Waals surface area contributed by atoms with Crippen LogP contribution in [0, 0.1) is 37.5 Å². The summed E-state index contributed by atoms with van der Waals surface area (Å²) in [5, 5.41) is 2.99. The number of hydrogen-bond acceptors (Lipinski definition) is 3. The zero-order valence-corrected chi connectivity index (χ0v) is 23.6. The normalized spacial score (nSPS) is 30.6. The van der Waals surface area contributed by atoms with E-state index in [0.717, 1.165) is 27.6 Å². The van der Waals surface area contributed by atoms with Crippen LogP contribution in [0.2, 0.25) is 0 Å². The van der Waals surface area contributed by atoms with E-state index in [9.17, 15) is 14.4 Å². The molecule has 3 aliphatic rings. The van der Waals surface area contributed by atoms with E-state index in [4.69, 9.17) is 0 Å². The van der Waals surface area contributed by atoms with E-state index in [1.807, 2.05) is 56.3 Å². The van der Waals surface area contributed by atoms with Gasteiger partial charge in [-0.3, -0.25) is 19.3 Å². The minimum Gasteiger partial charge on any atom is -0.324 e. The van der Waals surface area contributed by atoms with Crippen LogP contribution in [0.1, 0.15) is 23.1 Å². The number of fused-ring (bicyclic) bond motifs is 5. The van der Waals surface area contributed by atoms with Gasteiger partial charge >= 0.3 is 0 Å². The fourth-order valence-electron chi connectivity index (χ4n) is 6.06. The molecular formula is C26H25Br3N2O3. The molecular weight excluding hydrogens is 628 g/mol. The highest BCUT2D eigenvalue weighted by molar-refractivity contribution is 9.12. The molecule has 0 unspecified atom stereocenters. The average molecular weight is 653 g/mol. The van der Waals surface area contributed by atoms with Crippen molar-refractivity contribution in [1.82, 2.24) is 4.90 Å². The van der Waals surface area contributed by atoms with E-state index in [2.05, 4.69) is 53.1 Å². The van der Waals surface area contributed by atoms with Crippen molar-refractivity contribution in [2.24, 2.45) is 23.7 Å². The number of benzene rings is 2. The quantitative estimate of drug-likeness (QED) is 0.348. The van der Waals surface area contributed by atoms with Crippen LogP contribution < -0.4 is 5.32 Å². The van der Waals surface area contributed by atoms with E-state index < -0.39 is 6.04 Å². The SMILES string of the molecule is Cc1cc(NC(=O)[C@H](Cc2ccccc2)N2C(=O)[C@@H]3[C@H]4C[C@@H]([C@H](Br)[C@H]4Br)[C@H]3C2=O)cc(C)c1Br. The number of carbonyl (C=O) groups is 3. The van der Waals surface area contributed by atoms with Crippen molar-refractivity contribution >= 4 is 71.2 Å². The van der Waals surface area contributed by atoms with Crippen LogP contribution >= 0.6 is 47.8 Å². The van der Waals surface area contributed by atoms with Gasteiger partial charge in [-0.05, 0) is 60.9 Å². The molecule has 3 fully saturated rings. The lowest BCUT2D eigenvalue weighted by Gasteiger charge is -2.28. The fourth-order valence-corrected chi connectivity index (χ4v) is 8.16. The molecule has 5 nitrogen and oxygen atoms in total. The molecule has 1 aliphatic heterocycles. The summed E-state index contributed by atoms with van der Waals surface area (Å²) >= 11 is 11.0. The van der Waals surface area contributed by atoms with Crippen LogP contribution in [-0.4, -0.2) is 38.3 Å². The van der Waals surface area contributed by atoms with Crippen LogP contribution in [0.25, 0.3) is 0 Å². The molecule has 2 aromatic carbocycles. The summed E-state index contributed by atoms with van der Waals surface area (Å²) in [5.41, 5.74) is 3.56. The molecule has 1 heterocycles. The lowest BCUT2D eigenvalue weighted by Crippen LogP contribution is -2.49. The standard InChI is InChI=1S/C26H25Br3N2O3/c1-12-8-15(9-13(2)21(12)27)30-24(32)18(10-14-6-4-3-5-7-14)31-25(33)19-16-11-17(20(19)26(31)34)23(29)22(16)28/h3-9,16-20,22-23H,10-11H2,1-2H3,(H,30,32)/t16-,17-,18+,19-,20-,22+,23+/m1/s1. The highest BCUT2D eigenvalue weighted by Crippen LogP contribution is 2.60. The number of amides is 3. The second-order valence-corrected chi connectivity index (χ2v) is 12.6. The summed E-state index contributed by atoms with van der Waals surface area (Å²) in [7, 11) is 0. The molecule has 2 aliphatic carbocycles. The van der Waals surface area contributed by atoms with Crippen molar-refractivity contribution in [2.75, 3.05) is 5.32 Å². The molecule has 2 aromatic rings. The first-order valence-electron chi connectivity index (χ1n) is 11.5. The predicted octanol–water partition coefficient (Wildman–Crippen LogP) is 5.39. The molecule has 2 saturated carbocycles. The molecule has 3 amide bonds. The Morgan fingerprint density at radius 1 is 1.00 bits per heavy atom. The average Bonchev–Trinajstić information content (AvgIpc) is 3.41. The number of rotatable bonds is 5. The van der Waals surface area contributed by atoms with Gasteiger partial charge in [0, 0.05) is 26.2 Å². The maximum absolute atomic E-state index is 13.7. The second-order valence-electron chi connectivity index (χ2n) is 9.67. The molecule has 1 saturated heterocycles. The molecule has 8 heteroatoms. The smallest absolute Gasteiger partial charge is 0.248 e. The van der Waals surface area contributed by atoms with Gasteiger partial charge in [0.25, 0.3) is 0 Å². The van der Waals surface area contributed by atoms with Gasteiger partial charge < -0.3 is 5.32 Å². The summed E-state index contributed by atoms with van der Waals surface area (Å²) in [6, 6.07) is 12.4. The number of anilines is 1. The van der Waals surface area contributed by atoms with Crippen LogP contribution in [-0.2, 0) is 20.8 Å². The van der Waals surface area contributed by atoms with Crippen LogP contribution in [0.15, 0.2) is 46.9 Å². The number of nitrogens with zero attached hydrogens (tertiary/aromatic N) is 1. The lowest BCUT2D eigenvalue weighted by molar-refractivity contribution is -0.147. The molecule has 5 rings (SSSR count). The van der Waals surface area contributed by atoms with Crippen molar-refractivity contribution in [2.45, 2.75) is 42.4 Å². The maximum atomic E-state index is 13.7. The number of imide groups is 1.